The summed E-state index contributed by atoms with van der Waals surface area (Å²) in [5.74, 6) is 1.39. The number of benzene rings is 2. The molecule has 8 heteroatoms. The van der Waals surface area contributed by atoms with Crippen LogP contribution in [0.15, 0.2) is 59.9 Å². The van der Waals surface area contributed by atoms with Gasteiger partial charge in [-0.05, 0) is 80.3 Å². The van der Waals surface area contributed by atoms with Gasteiger partial charge >= 0.3 is 7.72 Å². The lowest BCUT2D eigenvalue weighted by atomic mass is 10.1. The summed E-state index contributed by atoms with van der Waals surface area (Å²) >= 11 is 0. The molecule has 7 nitrogen and oxygen atoms in total. The van der Waals surface area contributed by atoms with Gasteiger partial charge in [0.2, 0.25) is 0 Å². The number of aromatic hydroxyl groups is 1. The Labute approximate surface area is 189 Å². The summed E-state index contributed by atoms with van der Waals surface area (Å²) in [5, 5.41) is 23.2. The number of hydrogen-bond acceptors (Lipinski definition) is 7. The molecule has 0 bridgehead atoms. The predicted molar refractivity (Wildman–Crippen MR) is 126 cm³/mol. The van der Waals surface area contributed by atoms with Gasteiger partial charge in [-0.2, -0.15) is 0 Å². The van der Waals surface area contributed by atoms with Crippen molar-refractivity contribution in [2.75, 3.05) is 26.0 Å². The quantitative estimate of drug-likeness (QED) is 0.242. The van der Waals surface area contributed by atoms with Crippen LogP contribution in [0.3, 0.4) is 0 Å². The number of aliphatic hydroxyl groups excluding tert-OH is 1. The van der Waals surface area contributed by atoms with E-state index in [0.29, 0.717) is 24.6 Å². The first-order valence-corrected chi connectivity index (χ1v) is 12.9. The first-order valence-electron chi connectivity index (χ1n) is 11.0. The number of aliphatic hydroxyl groups is 1. The Morgan fingerprint density at radius 1 is 0.938 bits per heavy atom. The van der Waals surface area contributed by atoms with E-state index in [4.69, 9.17) is 9.47 Å². The molecule has 32 heavy (non-hydrogen) atoms. The second-order valence-corrected chi connectivity index (χ2v) is 10.3. The van der Waals surface area contributed by atoms with Crippen LogP contribution in [0.2, 0.25) is 0 Å². The van der Waals surface area contributed by atoms with E-state index < -0.39 is 13.8 Å². The van der Waals surface area contributed by atoms with Gasteiger partial charge < -0.3 is 25.0 Å². The van der Waals surface area contributed by atoms with E-state index in [1.54, 1.807) is 12.1 Å². The maximum Gasteiger partial charge on any atom is 0.334 e. The van der Waals surface area contributed by atoms with Crippen molar-refractivity contribution in [1.82, 2.24) is 5.32 Å². The second-order valence-electron chi connectivity index (χ2n) is 8.00. The average molecular weight is 463 g/mol. The van der Waals surface area contributed by atoms with Crippen molar-refractivity contribution in [3.05, 3.63) is 65.5 Å². The first-order chi connectivity index (χ1) is 15.4. The van der Waals surface area contributed by atoms with Crippen molar-refractivity contribution in [3.8, 4) is 17.2 Å². The smallest absolute Gasteiger partial charge is 0.334 e. The van der Waals surface area contributed by atoms with Crippen molar-refractivity contribution in [2.45, 2.75) is 38.2 Å². The van der Waals surface area contributed by atoms with Crippen molar-refractivity contribution in [1.29, 1.82) is 0 Å². The third-order valence-corrected chi connectivity index (χ3v) is 7.13. The van der Waals surface area contributed by atoms with Crippen LogP contribution in [0.4, 0.5) is 0 Å². The van der Waals surface area contributed by atoms with Crippen molar-refractivity contribution in [3.63, 3.8) is 0 Å². The van der Waals surface area contributed by atoms with Gasteiger partial charge in [-0.1, -0.05) is 12.1 Å². The molecule has 0 aliphatic heterocycles. The predicted octanol–water partition coefficient (Wildman–Crippen LogP) is 3.59. The number of phenols is 1. The molecular formula is C24H33NO6P+. The van der Waals surface area contributed by atoms with E-state index in [1.807, 2.05) is 30.3 Å². The molecule has 0 unspecified atom stereocenters. The van der Waals surface area contributed by atoms with Crippen LogP contribution in [0, 0.1) is 0 Å². The molecule has 0 heterocycles. The Kier molecular flexibility index (Phi) is 9.33. The lowest BCUT2D eigenvalue weighted by Crippen LogP contribution is -2.32. The molecule has 0 radical (unpaired) electrons. The number of rotatable bonds is 12. The zero-order valence-corrected chi connectivity index (χ0v) is 19.1. The minimum absolute atomic E-state index is 0.0795. The summed E-state index contributed by atoms with van der Waals surface area (Å²) in [7, 11) is -3.17. The van der Waals surface area contributed by atoms with Crippen LogP contribution in [0.5, 0.6) is 17.2 Å². The summed E-state index contributed by atoms with van der Waals surface area (Å²) < 4.78 is 11.1. The van der Waals surface area contributed by atoms with Crippen LogP contribution < -0.4 is 14.8 Å². The Balaban J connectivity index is 1.32. The molecule has 3 rings (SSSR count). The summed E-state index contributed by atoms with van der Waals surface area (Å²) in [6, 6.07) is 14.0. The molecule has 174 valence electrons. The van der Waals surface area contributed by atoms with Gasteiger partial charge in [-0.3, -0.25) is 0 Å². The molecule has 0 saturated heterocycles. The lowest BCUT2D eigenvalue weighted by Gasteiger charge is -2.18. The maximum atomic E-state index is 10.4. The molecule has 1 aliphatic rings. The molecule has 5 N–H and O–H groups in total. The highest BCUT2D eigenvalue weighted by Crippen LogP contribution is 2.60. The molecule has 2 aromatic carbocycles. The van der Waals surface area contributed by atoms with Crippen LogP contribution in [-0.4, -0.2) is 52.1 Å². The number of ether oxygens (including phenoxy) is 2. The molecule has 2 aromatic rings. The molecule has 1 aliphatic carbocycles. The van der Waals surface area contributed by atoms with Crippen LogP contribution in [-0.2, 0) is 6.42 Å². The van der Waals surface area contributed by atoms with Gasteiger partial charge in [0.1, 0.15) is 35.3 Å². The van der Waals surface area contributed by atoms with Crippen LogP contribution in [0.1, 0.15) is 31.2 Å². The molecule has 0 saturated carbocycles. The van der Waals surface area contributed by atoms with Gasteiger partial charge in [0, 0.05) is 13.0 Å². The highest BCUT2D eigenvalue weighted by Gasteiger charge is 2.40. The zero-order chi connectivity index (χ0) is 22.8. The normalized spacial score (nSPS) is 15.2. The van der Waals surface area contributed by atoms with Crippen LogP contribution >= 0.6 is 7.72 Å². The van der Waals surface area contributed by atoms with Gasteiger partial charge in [-0.15, -0.1) is 0 Å². The third kappa shape index (κ3) is 8.08. The molecule has 0 aromatic heterocycles. The molecule has 0 amide bonds. The average Bonchev–Trinajstić information content (AvgIpc) is 2.81. The summed E-state index contributed by atoms with van der Waals surface area (Å²) in [6.45, 7) is 1.28. The number of phenolic OH excluding ortho intramolecular Hbond substituents is 1. The van der Waals surface area contributed by atoms with Gasteiger partial charge in [0.05, 0.1) is 0 Å². The molecule has 0 fully saturated rings. The topological polar surface area (TPSA) is 111 Å². The van der Waals surface area contributed by atoms with E-state index in [2.05, 4.69) is 5.32 Å². The third-order valence-electron chi connectivity index (χ3n) is 5.31. The molecule has 1 atom stereocenters. The fourth-order valence-corrected chi connectivity index (χ4v) is 4.87. The van der Waals surface area contributed by atoms with E-state index in [-0.39, 0.29) is 18.7 Å². The van der Waals surface area contributed by atoms with E-state index in [9.17, 15) is 20.0 Å². The number of hydrogen-bond donors (Lipinski definition) is 5. The second kappa shape index (κ2) is 12.2. The minimum Gasteiger partial charge on any atom is -0.508 e. The zero-order valence-electron chi connectivity index (χ0n) is 18.2. The van der Waals surface area contributed by atoms with E-state index in [1.165, 1.54) is 12.1 Å². The van der Waals surface area contributed by atoms with Crippen LogP contribution in [0.25, 0.3) is 0 Å². The standard InChI is InChI=1S/C24H32NO6P/c26-20-8-12-22(13-9-20)30-17-21(27)16-25-15-14-19-6-10-23(11-7-19)31-18-32(28,29)24-4-2-1-3-5-24/h4,6-13,21,25,27-29H,1-3,5,14-18H2/p+1/t21-/m0/s1. The summed E-state index contributed by atoms with van der Waals surface area (Å²) in [6.07, 6.45) is 5.77. The van der Waals surface area contributed by atoms with E-state index >= 15 is 0 Å². The molecule has 0 spiro atoms. The highest BCUT2D eigenvalue weighted by atomic mass is 31.2. The number of allylic oxidation sites excluding steroid dienone is 2. The fraction of sp³-hybridized carbons (Fsp3) is 0.417. The summed E-state index contributed by atoms with van der Waals surface area (Å²) in [5.41, 5.74) is 1.11. The number of nitrogens with one attached hydrogen (secondary N) is 1. The largest absolute Gasteiger partial charge is 0.508 e. The summed E-state index contributed by atoms with van der Waals surface area (Å²) in [4.78, 5) is 20.8. The highest BCUT2D eigenvalue weighted by molar-refractivity contribution is 7.68. The van der Waals surface area contributed by atoms with Crippen molar-refractivity contribution < 1.29 is 29.5 Å². The lowest BCUT2D eigenvalue weighted by molar-refractivity contribution is 0.106. The Hall–Kier alpha value is -2.15. The monoisotopic (exact) mass is 462 g/mol. The first kappa shape index (κ1) is 24.5. The van der Waals surface area contributed by atoms with E-state index in [0.717, 1.165) is 43.0 Å². The van der Waals surface area contributed by atoms with Crippen molar-refractivity contribution in [2.24, 2.45) is 0 Å². The Morgan fingerprint density at radius 2 is 1.62 bits per heavy atom. The van der Waals surface area contributed by atoms with Gasteiger partial charge in [0.25, 0.3) is 6.35 Å². The minimum atomic E-state index is -3.17. The Bertz CT molecular complexity index is 854. The van der Waals surface area contributed by atoms with Crippen molar-refractivity contribution >= 4 is 7.72 Å². The molecular weight excluding hydrogens is 429 g/mol. The van der Waals surface area contributed by atoms with Gasteiger partial charge in [0.15, 0.2) is 0 Å². The SMILES string of the molecule is Oc1ccc(OC[C@@H](O)CNCCc2ccc(OC[P+](O)(O)C3=CCCCC3)cc2)cc1. The Morgan fingerprint density at radius 3 is 2.31 bits per heavy atom. The van der Waals surface area contributed by atoms with Gasteiger partial charge in [-0.25, -0.2) is 9.79 Å². The fourth-order valence-electron chi connectivity index (χ4n) is 3.44. The maximum absolute atomic E-state index is 10.4.